The second-order valence-corrected chi connectivity index (χ2v) is 4.84. The molecule has 0 saturated carbocycles. The summed E-state index contributed by atoms with van der Waals surface area (Å²) in [5, 5.41) is 0. The predicted molar refractivity (Wildman–Crippen MR) is 64.7 cm³/mol. The maximum Gasteiger partial charge on any atom is -0.00522 e. The number of fused-ring (bicyclic) bond motifs is 2. The maximum atomic E-state index is 2.34. The lowest BCUT2D eigenvalue weighted by atomic mass is 9.82. The van der Waals surface area contributed by atoms with Crippen LogP contribution in [0.2, 0.25) is 0 Å². The van der Waals surface area contributed by atoms with Gasteiger partial charge in [0.2, 0.25) is 0 Å². The monoisotopic (exact) mass is 198 g/mol. The highest BCUT2D eigenvalue weighted by Gasteiger charge is 2.28. The fourth-order valence-corrected chi connectivity index (χ4v) is 3.29. The number of benzene rings is 1. The minimum Gasteiger partial charge on any atom is -0.0648 e. The third kappa shape index (κ3) is 1.35. The second-order valence-electron chi connectivity index (χ2n) is 4.84. The number of allylic oxidation sites excluding steroid dienone is 2. The van der Waals surface area contributed by atoms with Gasteiger partial charge in [-0.15, -0.1) is 0 Å². The summed E-state index contributed by atoms with van der Waals surface area (Å²) in [6.07, 6.45) is 6.70. The van der Waals surface area contributed by atoms with Crippen molar-refractivity contribution in [2.45, 2.75) is 39.0 Å². The van der Waals surface area contributed by atoms with Crippen molar-refractivity contribution in [3.05, 3.63) is 41.0 Å². The van der Waals surface area contributed by atoms with Gasteiger partial charge in [-0.2, -0.15) is 0 Å². The Morgan fingerprint density at radius 2 is 2.13 bits per heavy atom. The summed E-state index contributed by atoms with van der Waals surface area (Å²) >= 11 is 0. The lowest BCUT2D eigenvalue weighted by Crippen LogP contribution is -2.08. The van der Waals surface area contributed by atoms with E-state index in [-0.39, 0.29) is 0 Å². The van der Waals surface area contributed by atoms with Crippen molar-refractivity contribution >= 4 is 5.57 Å². The van der Waals surface area contributed by atoms with E-state index in [2.05, 4.69) is 31.2 Å². The Labute approximate surface area is 92.0 Å². The van der Waals surface area contributed by atoms with Gasteiger partial charge < -0.3 is 0 Å². The van der Waals surface area contributed by atoms with Crippen LogP contribution >= 0.6 is 0 Å². The first-order valence-electron chi connectivity index (χ1n) is 6.20. The first kappa shape index (κ1) is 9.21. The second kappa shape index (κ2) is 3.52. The minimum absolute atomic E-state index is 0.876. The van der Waals surface area contributed by atoms with Crippen molar-refractivity contribution < 1.29 is 0 Å². The molecule has 0 bridgehead atoms. The maximum absolute atomic E-state index is 2.34. The van der Waals surface area contributed by atoms with Crippen LogP contribution in [0.25, 0.3) is 5.57 Å². The van der Waals surface area contributed by atoms with E-state index >= 15 is 0 Å². The number of rotatable bonds is 1. The van der Waals surface area contributed by atoms with E-state index in [0.29, 0.717) is 0 Å². The Hall–Kier alpha value is -1.04. The van der Waals surface area contributed by atoms with E-state index in [9.17, 15) is 0 Å². The van der Waals surface area contributed by atoms with Gasteiger partial charge in [-0.05, 0) is 54.7 Å². The average molecular weight is 198 g/mol. The molecule has 0 spiro atoms. The van der Waals surface area contributed by atoms with Gasteiger partial charge in [0.25, 0.3) is 0 Å². The predicted octanol–water partition coefficient (Wildman–Crippen LogP) is 4.21. The van der Waals surface area contributed by atoms with E-state index in [1.807, 2.05) is 0 Å². The zero-order valence-corrected chi connectivity index (χ0v) is 9.42. The summed E-state index contributed by atoms with van der Waals surface area (Å²) in [7, 11) is 0. The van der Waals surface area contributed by atoms with Crippen LogP contribution in [-0.2, 0) is 6.42 Å². The molecule has 78 valence electrons. The van der Waals surface area contributed by atoms with E-state index in [0.717, 1.165) is 5.92 Å². The van der Waals surface area contributed by atoms with E-state index in [4.69, 9.17) is 0 Å². The molecule has 2 aliphatic rings. The summed E-state index contributed by atoms with van der Waals surface area (Å²) < 4.78 is 0. The molecular formula is C15H18. The fraction of sp³-hybridized carbons (Fsp3) is 0.467. The van der Waals surface area contributed by atoms with Gasteiger partial charge >= 0.3 is 0 Å². The molecular weight excluding hydrogens is 180 g/mol. The topological polar surface area (TPSA) is 0 Å². The van der Waals surface area contributed by atoms with Crippen molar-refractivity contribution in [1.29, 1.82) is 0 Å². The summed E-state index contributed by atoms with van der Waals surface area (Å²) in [5.74, 6) is 0.876. The molecule has 0 radical (unpaired) electrons. The highest BCUT2D eigenvalue weighted by molar-refractivity contribution is 5.77. The van der Waals surface area contributed by atoms with E-state index < -0.39 is 0 Å². The van der Waals surface area contributed by atoms with Crippen LogP contribution in [0.5, 0.6) is 0 Å². The zero-order chi connectivity index (χ0) is 10.3. The zero-order valence-electron chi connectivity index (χ0n) is 9.42. The minimum atomic E-state index is 0.876. The van der Waals surface area contributed by atoms with Gasteiger partial charge in [0.15, 0.2) is 0 Å². The molecule has 15 heavy (non-hydrogen) atoms. The lowest BCUT2D eigenvalue weighted by molar-refractivity contribution is 0.499. The highest BCUT2D eigenvalue weighted by Crippen LogP contribution is 2.44. The molecule has 0 heteroatoms. The standard InChI is InChI=1S/C15H18/c1-2-11-7-5-9-14-13-8-4-3-6-12(13)10-15(11)14/h3-4,6,8,11H,2,5,7,9-10H2,1H3. The Morgan fingerprint density at radius 3 is 3.00 bits per heavy atom. The summed E-state index contributed by atoms with van der Waals surface area (Å²) in [6.45, 7) is 2.34. The molecule has 0 aliphatic heterocycles. The van der Waals surface area contributed by atoms with Crippen molar-refractivity contribution in [2.24, 2.45) is 5.92 Å². The van der Waals surface area contributed by atoms with Crippen molar-refractivity contribution in [3.8, 4) is 0 Å². The van der Waals surface area contributed by atoms with Crippen molar-refractivity contribution in [3.63, 3.8) is 0 Å². The smallest absolute Gasteiger partial charge is 0.00522 e. The lowest BCUT2D eigenvalue weighted by Gasteiger charge is -2.23. The van der Waals surface area contributed by atoms with Crippen LogP contribution in [0.3, 0.4) is 0 Å². The summed E-state index contributed by atoms with van der Waals surface area (Å²) in [6, 6.07) is 8.98. The molecule has 0 aromatic heterocycles. The molecule has 0 nitrogen and oxygen atoms in total. The first-order valence-corrected chi connectivity index (χ1v) is 6.20. The van der Waals surface area contributed by atoms with Crippen LogP contribution in [0.15, 0.2) is 29.8 Å². The molecule has 0 heterocycles. The largest absolute Gasteiger partial charge is 0.0648 e. The number of hydrogen-bond acceptors (Lipinski definition) is 0. The van der Waals surface area contributed by atoms with Gasteiger partial charge in [-0.25, -0.2) is 0 Å². The molecule has 0 saturated heterocycles. The Kier molecular flexibility index (Phi) is 2.16. The van der Waals surface area contributed by atoms with Gasteiger partial charge in [0.1, 0.15) is 0 Å². The van der Waals surface area contributed by atoms with Crippen LogP contribution in [0.1, 0.15) is 43.7 Å². The highest BCUT2D eigenvalue weighted by atomic mass is 14.3. The van der Waals surface area contributed by atoms with Crippen molar-refractivity contribution in [1.82, 2.24) is 0 Å². The molecule has 0 N–H and O–H groups in total. The van der Waals surface area contributed by atoms with Crippen LogP contribution in [0.4, 0.5) is 0 Å². The van der Waals surface area contributed by atoms with Gasteiger partial charge in [-0.3, -0.25) is 0 Å². The van der Waals surface area contributed by atoms with E-state index in [1.165, 1.54) is 32.1 Å². The number of hydrogen-bond donors (Lipinski definition) is 0. The van der Waals surface area contributed by atoms with Crippen LogP contribution < -0.4 is 0 Å². The third-order valence-corrected chi connectivity index (χ3v) is 4.08. The molecule has 1 unspecified atom stereocenters. The Balaban J connectivity index is 2.06. The Morgan fingerprint density at radius 1 is 1.27 bits per heavy atom. The van der Waals surface area contributed by atoms with E-state index in [1.54, 1.807) is 22.3 Å². The van der Waals surface area contributed by atoms with Crippen LogP contribution in [-0.4, -0.2) is 0 Å². The van der Waals surface area contributed by atoms with Gasteiger partial charge in [0, 0.05) is 0 Å². The fourth-order valence-electron chi connectivity index (χ4n) is 3.29. The Bertz CT molecular complexity index is 412. The molecule has 2 aliphatic carbocycles. The summed E-state index contributed by atoms with van der Waals surface area (Å²) in [4.78, 5) is 0. The van der Waals surface area contributed by atoms with Crippen LogP contribution in [0, 0.1) is 5.92 Å². The molecule has 0 amide bonds. The molecule has 1 aromatic carbocycles. The SMILES string of the molecule is CCC1CCCC2=C1Cc1ccccc12. The average Bonchev–Trinajstić information content (AvgIpc) is 2.67. The van der Waals surface area contributed by atoms with Crippen molar-refractivity contribution in [2.75, 3.05) is 0 Å². The molecule has 0 fully saturated rings. The quantitative estimate of drug-likeness (QED) is 0.634. The third-order valence-electron chi connectivity index (χ3n) is 4.08. The molecule has 1 aromatic rings. The summed E-state index contributed by atoms with van der Waals surface area (Å²) in [5.41, 5.74) is 6.60. The molecule has 1 atom stereocenters. The van der Waals surface area contributed by atoms with Gasteiger partial charge in [-0.1, -0.05) is 36.8 Å². The normalized spacial score (nSPS) is 23.9. The first-order chi connectivity index (χ1) is 7.40. The molecule has 3 rings (SSSR count). The van der Waals surface area contributed by atoms with Gasteiger partial charge in [0.05, 0.1) is 0 Å².